The summed E-state index contributed by atoms with van der Waals surface area (Å²) in [5, 5.41) is 3.55. The summed E-state index contributed by atoms with van der Waals surface area (Å²) in [5.74, 6) is 1.74. The average Bonchev–Trinajstić information content (AvgIpc) is 2.10. The molecule has 0 aromatic rings. The molecule has 1 atom stereocenters. The number of rotatable bonds is 2. The quantitative estimate of drug-likeness (QED) is 0.645. The molecule has 0 aliphatic carbocycles. The molecule has 1 saturated heterocycles. The largest absolute Gasteiger partial charge is 0.312 e. The third-order valence-corrected chi connectivity index (χ3v) is 2.85. The van der Waals surface area contributed by atoms with Gasteiger partial charge >= 0.3 is 0 Å². The summed E-state index contributed by atoms with van der Waals surface area (Å²) in [6, 6.07) is 0. The zero-order valence-electron chi connectivity index (χ0n) is 8.28. The molecule has 0 bridgehead atoms. The summed E-state index contributed by atoms with van der Waals surface area (Å²) in [6.07, 6.45) is 2.74. The van der Waals surface area contributed by atoms with E-state index in [4.69, 9.17) is 0 Å². The number of nitrogens with one attached hydrogen (secondary N) is 1. The number of hydrogen-bond donors (Lipinski definition) is 1. The molecule has 0 saturated carbocycles. The topological polar surface area (TPSA) is 12.0 Å². The van der Waals surface area contributed by atoms with Crippen LogP contribution in [0.15, 0.2) is 0 Å². The van der Waals surface area contributed by atoms with Crippen LogP contribution in [-0.4, -0.2) is 12.1 Å². The second kappa shape index (κ2) is 3.14. The SMILES string of the molecule is CC(C)CC1CCNC1(C)C. The van der Waals surface area contributed by atoms with Crippen molar-refractivity contribution in [1.82, 2.24) is 5.32 Å². The van der Waals surface area contributed by atoms with Crippen molar-refractivity contribution in [2.75, 3.05) is 6.54 Å². The van der Waals surface area contributed by atoms with Crippen molar-refractivity contribution in [3.05, 3.63) is 0 Å². The third kappa shape index (κ3) is 2.19. The van der Waals surface area contributed by atoms with Crippen LogP contribution in [0.4, 0.5) is 0 Å². The van der Waals surface area contributed by atoms with Crippen LogP contribution in [-0.2, 0) is 0 Å². The normalized spacial score (nSPS) is 29.7. The van der Waals surface area contributed by atoms with Gasteiger partial charge in [0.25, 0.3) is 0 Å². The van der Waals surface area contributed by atoms with E-state index in [-0.39, 0.29) is 0 Å². The maximum absolute atomic E-state index is 3.55. The maximum atomic E-state index is 3.55. The van der Waals surface area contributed by atoms with Gasteiger partial charge in [-0.25, -0.2) is 0 Å². The van der Waals surface area contributed by atoms with Gasteiger partial charge in [-0.3, -0.25) is 0 Å². The predicted octanol–water partition coefficient (Wildman–Crippen LogP) is 2.42. The lowest BCUT2D eigenvalue weighted by Crippen LogP contribution is -2.38. The van der Waals surface area contributed by atoms with E-state index in [2.05, 4.69) is 33.0 Å². The smallest absolute Gasteiger partial charge is 0.0153 e. The van der Waals surface area contributed by atoms with Crippen LogP contribution in [0.25, 0.3) is 0 Å². The van der Waals surface area contributed by atoms with Crippen molar-refractivity contribution in [2.45, 2.75) is 46.1 Å². The van der Waals surface area contributed by atoms with Gasteiger partial charge in [0.2, 0.25) is 0 Å². The fraction of sp³-hybridized carbons (Fsp3) is 1.00. The van der Waals surface area contributed by atoms with Crippen LogP contribution in [0, 0.1) is 11.8 Å². The standard InChI is InChI=1S/C10H21N/c1-8(2)7-9-5-6-11-10(9,3)4/h8-9,11H,5-7H2,1-4H3. The minimum Gasteiger partial charge on any atom is -0.312 e. The molecule has 1 rings (SSSR count). The van der Waals surface area contributed by atoms with Gasteiger partial charge in [-0.15, -0.1) is 0 Å². The maximum Gasteiger partial charge on any atom is 0.0153 e. The van der Waals surface area contributed by atoms with Crippen LogP contribution in [0.3, 0.4) is 0 Å². The Labute approximate surface area is 70.6 Å². The fourth-order valence-electron chi connectivity index (χ4n) is 2.06. The van der Waals surface area contributed by atoms with Gasteiger partial charge < -0.3 is 5.32 Å². The van der Waals surface area contributed by atoms with Crippen molar-refractivity contribution >= 4 is 0 Å². The fourth-order valence-corrected chi connectivity index (χ4v) is 2.06. The van der Waals surface area contributed by atoms with Crippen LogP contribution >= 0.6 is 0 Å². The van der Waals surface area contributed by atoms with Gasteiger partial charge in [-0.2, -0.15) is 0 Å². The molecule has 1 unspecified atom stereocenters. The van der Waals surface area contributed by atoms with E-state index >= 15 is 0 Å². The van der Waals surface area contributed by atoms with Crippen molar-refractivity contribution in [3.63, 3.8) is 0 Å². The molecule has 1 heterocycles. The highest BCUT2D eigenvalue weighted by Crippen LogP contribution is 2.31. The Morgan fingerprint density at radius 3 is 2.45 bits per heavy atom. The molecule has 1 heteroatoms. The van der Waals surface area contributed by atoms with Crippen LogP contribution < -0.4 is 5.32 Å². The molecule has 0 aromatic heterocycles. The molecule has 66 valence electrons. The van der Waals surface area contributed by atoms with E-state index in [9.17, 15) is 0 Å². The molecule has 1 aliphatic heterocycles. The Bertz CT molecular complexity index is 127. The summed E-state index contributed by atoms with van der Waals surface area (Å²) in [4.78, 5) is 0. The van der Waals surface area contributed by atoms with E-state index in [1.54, 1.807) is 0 Å². The first-order valence-corrected chi connectivity index (χ1v) is 4.77. The minimum atomic E-state index is 0.393. The second-order valence-corrected chi connectivity index (χ2v) is 4.76. The van der Waals surface area contributed by atoms with E-state index in [0.29, 0.717) is 5.54 Å². The van der Waals surface area contributed by atoms with Gasteiger partial charge in [-0.1, -0.05) is 13.8 Å². The van der Waals surface area contributed by atoms with Gasteiger partial charge in [-0.05, 0) is 45.1 Å². The molecule has 1 aliphatic rings. The first-order chi connectivity index (χ1) is 5.02. The van der Waals surface area contributed by atoms with E-state index < -0.39 is 0 Å². The lowest BCUT2D eigenvalue weighted by Gasteiger charge is -2.28. The highest BCUT2D eigenvalue weighted by Gasteiger charge is 2.33. The summed E-state index contributed by atoms with van der Waals surface area (Å²) in [5.41, 5.74) is 0.393. The van der Waals surface area contributed by atoms with E-state index in [1.165, 1.54) is 19.4 Å². The lowest BCUT2D eigenvalue weighted by molar-refractivity contribution is 0.287. The average molecular weight is 155 g/mol. The van der Waals surface area contributed by atoms with Crippen molar-refractivity contribution in [2.24, 2.45) is 11.8 Å². The summed E-state index contributed by atoms with van der Waals surface area (Å²) < 4.78 is 0. The molecule has 0 amide bonds. The molecule has 1 nitrogen and oxygen atoms in total. The zero-order chi connectivity index (χ0) is 8.48. The van der Waals surface area contributed by atoms with E-state index in [0.717, 1.165) is 11.8 Å². The second-order valence-electron chi connectivity index (χ2n) is 4.76. The lowest BCUT2D eigenvalue weighted by atomic mass is 9.83. The Morgan fingerprint density at radius 2 is 2.09 bits per heavy atom. The highest BCUT2D eigenvalue weighted by molar-refractivity contribution is 4.92. The summed E-state index contributed by atoms with van der Waals surface area (Å²) in [7, 11) is 0. The molecule has 1 N–H and O–H groups in total. The monoisotopic (exact) mass is 155 g/mol. The molecule has 0 aromatic carbocycles. The molecule has 0 spiro atoms. The molecule has 1 fully saturated rings. The Balaban J connectivity index is 2.45. The first kappa shape index (κ1) is 9.05. The van der Waals surface area contributed by atoms with Crippen molar-refractivity contribution < 1.29 is 0 Å². The first-order valence-electron chi connectivity index (χ1n) is 4.77. The van der Waals surface area contributed by atoms with Crippen LogP contribution in [0.5, 0.6) is 0 Å². The summed E-state index contributed by atoms with van der Waals surface area (Å²) in [6.45, 7) is 10.5. The van der Waals surface area contributed by atoms with Gasteiger partial charge in [0.05, 0.1) is 0 Å². The Kier molecular flexibility index (Phi) is 2.58. The van der Waals surface area contributed by atoms with Gasteiger partial charge in [0.15, 0.2) is 0 Å². The Morgan fingerprint density at radius 1 is 1.45 bits per heavy atom. The molecular formula is C10H21N. The van der Waals surface area contributed by atoms with Gasteiger partial charge in [0, 0.05) is 5.54 Å². The van der Waals surface area contributed by atoms with E-state index in [1.807, 2.05) is 0 Å². The van der Waals surface area contributed by atoms with Crippen molar-refractivity contribution in [3.8, 4) is 0 Å². The number of hydrogen-bond acceptors (Lipinski definition) is 1. The molecule has 11 heavy (non-hydrogen) atoms. The molecule has 0 radical (unpaired) electrons. The molecular weight excluding hydrogens is 134 g/mol. The zero-order valence-corrected chi connectivity index (χ0v) is 8.28. The predicted molar refractivity (Wildman–Crippen MR) is 49.6 cm³/mol. The van der Waals surface area contributed by atoms with Crippen molar-refractivity contribution in [1.29, 1.82) is 0 Å². The summed E-state index contributed by atoms with van der Waals surface area (Å²) >= 11 is 0. The van der Waals surface area contributed by atoms with Crippen LogP contribution in [0.2, 0.25) is 0 Å². The third-order valence-electron chi connectivity index (χ3n) is 2.85. The van der Waals surface area contributed by atoms with Gasteiger partial charge in [0.1, 0.15) is 0 Å². The Hall–Kier alpha value is -0.0400. The van der Waals surface area contributed by atoms with Crippen LogP contribution in [0.1, 0.15) is 40.5 Å². The minimum absolute atomic E-state index is 0.393. The highest BCUT2D eigenvalue weighted by atomic mass is 15.0.